The van der Waals surface area contributed by atoms with Crippen molar-refractivity contribution in [2.45, 2.75) is 11.8 Å². The zero-order chi connectivity index (χ0) is 24.6. The Balaban J connectivity index is 1.23. The highest BCUT2D eigenvalue weighted by Crippen LogP contribution is 2.60. The summed E-state index contributed by atoms with van der Waals surface area (Å²) < 4.78 is 5.87. The van der Waals surface area contributed by atoms with Crippen LogP contribution in [0.25, 0.3) is 11.3 Å². The highest BCUT2D eigenvalue weighted by Gasteiger charge is 2.61. The maximum atomic E-state index is 13.6. The molecule has 36 heavy (non-hydrogen) atoms. The van der Waals surface area contributed by atoms with Gasteiger partial charge in [-0.2, -0.15) is 10.1 Å². The predicted molar refractivity (Wildman–Crippen MR) is 137 cm³/mol. The Labute approximate surface area is 216 Å². The van der Waals surface area contributed by atoms with Gasteiger partial charge in [0.25, 0.3) is 11.8 Å². The molecule has 1 aromatic heterocycles. The lowest BCUT2D eigenvalue weighted by Gasteiger charge is -2.45. The van der Waals surface area contributed by atoms with Crippen LogP contribution in [-0.2, 0) is 9.59 Å². The number of hydrogen-bond acceptors (Lipinski definition) is 4. The Bertz CT molecular complexity index is 1490. The first-order valence-electron chi connectivity index (χ1n) is 11.7. The van der Waals surface area contributed by atoms with E-state index in [4.69, 9.17) is 27.6 Å². The maximum Gasteiger partial charge on any atom is 0.254 e. The van der Waals surface area contributed by atoms with Gasteiger partial charge < -0.3 is 4.42 Å². The summed E-state index contributed by atoms with van der Waals surface area (Å²) in [4.78, 5) is 27.2. The Hall–Kier alpha value is -3.67. The molecular formula is C29H18Cl2N2O3. The van der Waals surface area contributed by atoms with Crippen LogP contribution in [0.4, 0.5) is 0 Å². The van der Waals surface area contributed by atoms with Gasteiger partial charge in [-0.05, 0) is 52.6 Å². The van der Waals surface area contributed by atoms with E-state index in [2.05, 4.69) is 29.4 Å². The molecule has 0 saturated carbocycles. The first-order chi connectivity index (χ1) is 17.5. The van der Waals surface area contributed by atoms with Crippen LogP contribution >= 0.6 is 23.2 Å². The Morgan fingerprint density at radius 3 is 1.81 bits per heavy atom. The van der Waals surface area contributed by atoms with E-state index in [0.29, 0.717) is 21.6 Å². The molecule has 4 aliphatic rings. The number of hydrazone groups is 1. The fourth-order valence-electron chi connectivity index (χ4n) is 6.12. The van der Waals surface area contributed by atoms with Gasteiger partial charge in [0, 0.05) is 17.4 Å². The molecule has 5 nitrogen and oxygen atoms in total. The monoisotopic (exact) mass is 512 g/mol. The molecule has 2 bridgehead atoms. The number of carbonyl (C=O) groups excluding carboxylic acids is 2. The number of hydrogen-bond donors (Lipinski definition) is 0. The van der Waals surface area contributed by atoms with Crippen molar-refractivity contribution in [3.05, 3.63) is 117 Å². The third-order valence-corrected chi connectivity index (χ3v) is 8.30. The smallest absolute Gasteiger partial charge is 0.254 e. The summed E-state index contributed by atoms with van der Waals surface area (Å²) in [6.07, 6.45) is 1.41. The van der Waals surface area contributed by atoms with Crippen LogP contribution in [0.5, 0.6) is 0 Å². The number of halogens is 2. The topological polar surface area (TPSA) is 62.9 Å². The minimum atomic E-state index is -0.465. The van der Waals surface area contributed by atoms with Crippen molar-refractivity contribution < 1.29 is 14.0 Å². The molecule has 1 fully saturated rings. The van der Waals surface area contributed by atoms with E-state index in [1.54, 1.807) is 30.3 Å². The highest BCUT2D eigenvalue weighted by molar-refractivity contribution is 6.42. The first-order valence-corrected chi connectivity index (χ1v) is 12.4. The van der Waals surface area contributed by atoms with E-state index in [9.17, 15) is 9.59 Å². The van der Waals surface area contributed by atoms with Gasteiger partial charge >= 0.3 is 0 Å². The average molecular weight is 513 g/mol. The average Bonchev–Trinajstić information content (AvgIpc) is 3.47. The molecule has 2 atom stereocenters. The molecule has 1 saturated heterocycles. The standard InChI is InChI=1S/C29H18Cl2N2O3/c30-21-11-9-15(13-22(21)31)23-12-10-16(36-23)14-32-33-28(34)26-24-17-5-1-2-6-18(17)25(27(26)29(33)35)20-8-4-3-7-19(20)24/h1-14,24-27H/b32-14+. The van der Waals surface area contributed by atoms with Crippen LogP contribution in [0, 0.1) is 11.8 Å². The second-order valence-corrected chi connectivity index (χ2v) is 10.1. The molecule has 0 spiro atoms. The Kier molecular flexibility index (Phi) is 4.75. The van der Waals surface area contributed by atoms with Crippen LogP contribution in [0.2, 0.25) is 10.0 Å². The largest absolute Gasteiger partial charge is 0.455 e. The number of amides is 2. The van der Waals surface area contributed by atoms with Crippen molar-refractivity contribution in [3.8, 4) is 11.3 Å². The molecule has 4 aromatic rings. The number of furan rings is 1. The first kappa shape index (κ1) is 21.6. The van der Waals surface area contributed by atoms with Crippen molar-refractivity contribution in [1.82, 2.24) is 5.01 Å². The van der Waals surface area contributed by atoms with E-state index in [0.717, 1.165) is 32.8 Å². The number of carbonyl (C=O) groups is 2. The number of rotatable bonds is 3. The summed E-state index contributed by atoms with van der Waals surface area (Å²) in [5.74, 6) is -0.788. The summed E-state index contributed by atoms with van der Waals surface area (Å²) in [6.45, 7) is 0. The third kappa shape index (κ3) is 3.00. The van der Waals surface area contributed by atoms with E-state index in [-0.39, 0.29) is 23.7 Å². The molecule has 8 rings (SSSR count). The molecule has 0 radical (unpaired) electrons. The SMILES string of the molecule is O=C1C2C3c4ccccc4C(c4ccccc43)C2C(=O)N1/N=C/c1ccc(-c2ccc(Cl)c(Cl)c2)o1. The van der Waals surface area contributed by atoms with Gasteiger partial charge in [-0.15, -0.1) is 0 Å². The zero-order valence-electron chi connectivity index (χ0n) is 18.8. The van der Waals surface area contributed by atoms with Crippen molar-refractivity contribution in [1.29, 1.82) is 0 Å². The van der Waals surface area contributed by atoms with Crippen molar-refractivity contribution in [3.63, 3.8) is 0 Å². The Morgan fingerprint density at radius 2 is 1.28 bits per heavy atom. The van der Waals surface area contributed by atoms with Gasteiger partial charge in [0.1, 0.15) is 11.5 Å². The van der Waals surface area contributed by atoms with E-state index in [1.807, 2.05) is 24.3 Å². The van der Waals surface area contributed by atoms with Crippen molar-refractivity contribution in [2.24, 2.45) is 16.9 Å². The number of imide groups is 1. The second-order valence-electron chi connectivity index (χ2n) is 9.33. The van der Waals surface area contributed by atoms with Gasteiger partial charge in [0.2, 0.25) is 0 Å². The van der Waals surface area contributed by atoms with Crippen LogP contribution in [-0.4, -0.2) is 23.0 Å². The molecule has 0 N–H and O–H groups in total. The fourth-order valence-corrected chi connectivity index (χ4v) is 6.41. The minimum absolute atomic E-state index is 0.158. The lowest BCUT2D eigenvalue weighted by Crippen LogP contribution is -2.41. The van der Waals surface area contributed by atoms with E-state index < -0.39 is 11.8 Å². The second kappa shape index (κ2) is 7.92. The van der Waals surface area contributed by atoms with E-state index in [1.165, 1.54) is 6.21 Å². The number of nitrogens with zero attached hydrogens (tertiary/aromatic N) is 2. The lowest BCUT2D eigenvalue weighted by molar-refractivity contribution is -0.139. The maximum absolute atomic E-state index is 13.6. The molecular weight excluding hydrogens is 495 g/mol. The van der Waals surface area contributed by atoms with Gasteiger partial charge in [0.05, 0.1) is 28.1 Å². The summed E-state index contributed by atoms with van der Waals surface area (Å²) in [7, 11) is 0. The minimum Gasteiger partial charge on any atom is -0.455 e. The third-order valence-electron chi connectivity index (χ3n) is 7.56. The molecule has 7 heteroatoms. The van der Waals surface area contributed by atoms with Crippen LogP contribution in [0.1, 0.15) is 39.8 Å². The van der Waals surface area contributed by atoms with Gasteiger partial charge in [-0.25, -0.2) is 0 Å². The Morgan fingerprint density at radius 1 is 0.722 bits per heavy atom. The van der Waals surface area contributed by atoms with Crippen molar-refractivity contribution in [2.75, 3.05) is 0 Å². The van der Waals surface area contributed by atoms with Gasteiger partial charge in [-0.1, -0.05) is 71.7 Å². The fraction of sp³-hybridized carbons (Fsp3) is 0.138. The van der Waals surface area contributed by atoms with Crippen LogP contribution in [0.3, 0.4) is 0 Å². The lowest BCUT2D eigenvalue weighted by atomic mass is 9.55. The molecule has 2 unspecified atom stereocenters. The van der Waals surface area contributed by atoms with Crippen molar-refractivity contribution >= 4 is 41.2 Å². The summed E-state index contributed by atoms with van der Waals surface area (Å²) in [5, 5.41) is 6.23. The highest BCUT2D eigenvalue weighted by atomic mass is 35.5. The van der Waals surface area contributed by atoms with E-state index >= 15 is 0 Å². The predicted octanol–water partition coefficient (Wildman–Crippen LogP) is 6.48. The van der Waals surface area contributed by atoms with Gasteiger partial charge in [-0.3, -0.25) is 9.59 Å². The van der Waals surface area contributed by atoms with Crippen LogP contribution in [0.15, 0.2) is 88.4 Å². The van der Waals surface area contributed by atoms with Crippen LogP contribution < -0.4 is 0 Å². The summed E-state index contributed by atoms with van der Waals surface area (Å²) in [5.41, 5.74) is 5.28. The molecule has 3 aliphatic carbocycles. The normalized spacial score (nSPS) is 23.8. The number of benzene rings is 3. The molecule has 1 aliphatic heterocycles. The summed E-state index contributed by atoms with van der Waals surface area (Å²) >= 11 is 12.1. The zero-order valence-corrected chi connectivity index (χ0v) is 20.3. The van der Waals surface area contributed by atoms with Gasteiger partial charge in [0.15, 0.2) is 0 Å². The molecule has 2 heterocycles. The molecule has 176 valence electrons. The quantitative estimate of drug-likeness (QED) is 0.233. The summed E-state index contributed by atoms with van der Waals surface area (Å²) in [6, 6.07) is 25.0. The molecule has 2 amide bonds. The molecule has 3 aromatic carbocycles.